The van der Waals surface area contributed by atoms with E-state index in [0.29, 0.717) is 31.7 Å². The molecule has 0 N–H and O–H groups in total. The number of benzene rings is 1. The largest absolute Gasteiger partial charge is 0.342 e. The number of para-hydroxylation sites is 1. The fraction of sp³-hybridized carbons (Fsp3) is 0.200. The van der Waals surface area contributed by atoms with Crippen LogP contribution in [0.3, 0.4) is 0 Å². The van der Waals surface area contributed by atoms with Crippen LogP contribution in [0.25, 0.3) is 22.2 Å². The van der Waals surface area contributed by atoms with Crippen molar-refractivity contribution < 1.29 is 9.59 Å². The van der Waals surface area contributed by atoms with Crippen molar-refractivity contribution in [2.45, 2.75) is 0 Å². The topological polar surface area (TPSA) is 66.4 Å². The Balaban J connectivity index is 1.76. The summed E-state index contributed by atoms with van der Waals surface area (Å²) in [7, 11) is 0. The number of aromatic nitrogens is 2. The van der Waals surface area contributed by atoms with Gasteiger partial charge in [0.2, 0.25) is 6.41 Å². The molecule has 0 bridgehead atoms. The molecule has 3 heterocycles. The normalized spacial score (nSPS) is 14.5. The highest BCUT2D eigenvalue weighted by atomic mass is 16.2. The summed E-state index contributed by atoms with van der Waals surface area (Å²) in [6.07, 6.45) is 4.29. The fourth-order valence-corrected chi connectivity index (χ4v) is 3.22. The van der Waals surface area contributed by atoms with Crippen LogP contribution in [0.1, 0.15) is 10.4 Å². The summed E-state index contributed by atoms with van der Waals surface area (Å²) in [5, 5.41) is 0.836. The quantitative estimate of drug-likeness (QED) is 0.682. The van der Waals surface area contributed by atoms with Crippen LogP contribution in [0, 0.1) is 0 Å². The van der Waals surface area contributed by atoms with Gasteiger partial charge >= 0.3 is 0 Å². The van der Waals surface area contributed by atoms with E-state index in [1.54, 1.807) is 22.2 Å². The Morgan fingerprint density at radius 2 is 1.85 bits per heavy atom. The molecule has 6 nitrogen and oxygen atoms in total. The maximum absolute atomic E-state index is 13.2. The highest BCUT2D eigenvalue weighted by molar-refractivity contribution is 6.07. The summed E-state index contributed by atoms with van der Waals surface area (Å²) in [5.74, 6) is -0.0284. The van der Waals surface area contributed by atoms with Gasteiger partial charge in [-0.15, -0.1) is 0 Å². The first-order chi connectivity index (χ1) is 12.8. The third kappa shape index (κ3) is 3.01. The van der Waals surface area contributed by atoms with E-state index in [4.69, 9.17) is 4.98 Å². The first-order valence-corrected chi connectivity index (χ1v) is 8.55. The van der Waals surface area contributed by atoms with E-state index in [0.717, 1.165) is 28.6 Å². The van der Waals surface area contributed by atoms with Gasteiger partial charge in [0.05, 0.1) is 16.8 Å². The van der Waals surface area contributed by atoms with Gasteiger partial charge in [-0.05, 0) is 24.3 Å². The third-order valence-corrected chi connectivity index (χ3v) is 4.65. The van der Waals surface area contributed by atoms with Gasteiger partial charge in [0.25, 0.3) is 5.91 Å². The monoisotopic (exact) mass is 346 g/mol. The lowest BCUT2D eigenvalue weighted by Gasteiger charge is -2.32. The standard InChI is InChI=1S/C20H18N4O2/c25-14-23-8-10-24(11-9-23)20(26)17-12-19(15-4-3-7-21-13-15)22-18-6-2-1-5-16(17)18/h1-7,12-14H,8-11H2. The maximum atomic E-state index is 13.2. The SMILES string of the molecule is O=CN1CCN(C(=O)c2cc(-c3cccnc3)nc3ccccc23)CC1. The molecule has 0 unspecified atom stereocenters. The molecule has 2 amide bonds. The van der Waals surface area contributed by atoms with Crippen LogP contribution in [0.2, 0.25) is 0 Å². The third-order valence-electron chi connectivity index (χ3n) is 4.65. The number of pyridine rings is 2. The van der Waals surface area contributed by atoms with Crippen LogP contribution in [-0.4, -0.2) is 58.3 Å². The highest BCUT2D eigenvalue weighted by Crippen LogP contribution is 2.25. The molecule has 26 heavy (non-hydrogen) atoms. The summed E-state index contributed by atoms with van der Waals surface area (Å²) in [4.78, 5) is 36.4. The van der Waals surface area contributed by atoms with Gasteiger partial charge in [-0.25, -0.2) is 4.98 Å². The fourth-order valence-electron chi connectivity index (χ4n) is 3.22. The average molecular weight is 346 g/mol. The lowest BCUT2D eigenvalue weighted by molar-refractivity contribution is -0.119. The minimum Gasteiger partial charge on any atom is -0.342 e. The Labute approximate surface area is 151 Å². The molecule has 4 rings (SSSR count). The van der Waals surface area contributed by atoms with Crippen molar-refractivity contribution in [3.05, 3.63) is 60.4 Å². The first-order valence-electron chi connectivity index (χ1n) is 8.55. The predicted molar refractivity (Wildman–Crippen MR) is 98.5 cm³/mol. The Morgan fingerprint density at radius 1 is 1.04 bits per heavy atom. The predicted octanol–water partition coefficient (Wildman–Crippen LogP) is 2.21. The second-order valence-electron chi connectivity index (χ2n) is 6.25. The van der Waals surface area contributed by atoms with Crippen LogP contribution in [-0.2, 0) is 4.79 Å². The molecule has 3 aromatic rings. The average Bonchev–Trinajstić information content (AvgIpc) is 2.73. The van der Waals surface area contributed by atoms with Gasteiger partial charge in [0, 0.05) is 49.5 Å². The smallest absolute Gasteiger partial charge is 0.254 e. The highest BCUT2D eigenvalue weighted by Gasteiger charge is 2.23. The molecule has 2 aromatic heterocycles. The van der Waals surface area contributed by atoms with Gasteiger partial charge in [-0.3, -0.25) is 14.6 Å². The molecule has 1 aromatic carbocycles. The molecule has 1 fully saturated rings. The lowest BCUT2D eigenvalue weighted by atomic mass is 10.0. The molecule has 1 saturated heterocycles. The zero-order valence-electron chi connectivity index (χ0n) is 14.2. The summed E-state index contributed by atoms with van der Waals surface area (Å²) >= 11 is 0. The van der Waals surface area contributed by atoms with Crippen molar-refractivity contribution in [3.8, 4) is 11.3 Å². The van der Waals surface area contributed by atoms with Crippen molar-refractivity contribution >= 4 is 23.2 Å². The van der Waals surface area contributed by atoms with Gasteiger partial charge < -0.3 is 9.80 Å². The van der Waals surface area contributed by atoms with Gasteiger partial charge in [-0.2, -0.15) is 0 Å². The Kier molecular flexibility index (Phi) is 4.31. The number of hydrogen-bond donors (Lipinski definition) is 0. The number of piperazine rings is 1. The molecule has 0 radical (unpaired) electrons. The Bertz CT molecular complexity index is 950. The number of amides is 2. The van der Waals surface area contributed by atoms with E-state index in [-0.39, 0.29) is 5.91 Å². The molecule has 0 spiro atoms. The van der Waals surface area contributed by atoms with E-state index < -0.39 is 0 Å². The second-order valence-corrected chi connectivity index (χ2v) is 6.25. The molecule has 1 aliphatic rings. The van der Waals surface area contributed by atoms with Gasteiger partial charge in [0.1, 0.15) is 0 Å². The van der Waals surface area contributed by atoms with E-state index in [9.17, 15) is 9.59 Å². The van der Waals surface area contributed by atoms with Crippen molar-refractivity contribution in [1.82, 2.24) is 19.8 Å². The maximum Gasteiger partial charge on any atom is 0.254 e. The zero-order chi connectivity index (χ0) is 17.9. The molecule has 0 saturated carbocycles. The van der Waals surface area contributed by atoms with Crippen molar-refractivity contribution in [1.29, 1.82) is 0 Å². The summed E-state index contributed by atoms with van der Waals surface area (Å²) in [6, 6.07) is 13.3. The number of carbonyl (C=O) groups is 2. The van der Waals surface area contributed by atoms with Crippen molar-refractivity contribution in [2.75, 3.05) is 26.2 Å². The van der Waals surface area contributed by atoms with Crippen LogP contribution in [0.5, 0.6) is 0 Å². The number of hydrogen-bond acceptors (Lipinski definition) is 4. The Morgan fingerprint density at radius 3 is 2.58 bits per heavy atom. The van der Waals surface area contributed by atoms with Crippen LogP contribution >= 0.6 is 0 Å². The number of carbonyl (C=O) groups excluding carboxylic acids is 2. The number of rotatable bonds is 3. The molecular weight excluding hydrogens is 328 g/mol. The summed E-state index contributed by atoms with van der Waals surface area (Å²) in [6.45, 7) is 2.20. The van der Waals surface area contributed by atoms with Gasteiger partial charge in [-0.1, -0.05) is 18.2 Å². The molecule has 0 aliphatic carbocycles. The summed E-state index contributed by atoms with van der Waals surface area (Å²) < 4.78 is 0. The molecule has 6 heteroatoms. The molecule has 130 valence electrons. The van der Waals surface area contributed by atoms with E-state index >= 15 is 0 Å². The van der Waals surface area contributed by atoms with Crippen LogP contribution in [0.4, 0.5) is 0 Å². The summed E-state index contributed by atoms with van der Waals surface area (Å²) in [5.41, 5.74) is 3.02. The Hall–Kier alpha value is -3.28. The van der Waals surface area contributed by atoms with E-state index in [1.807, 2.05) is 42.5 Å². The van der Waals surface area contributed by atoms with Crippen LogP contribution in [0.15, 0.2) is 54.9 Å². The number of fused-ring (bicyclic) bond motifs is 1. The molecule has 0 atom stereocenters. The van der Waals surface area contributed by atoms with E-state index in [1.165, 1.54) is 0 Å². The minimum atomic E-state index is -0.0284. The number of nitrogens with zero attached hydrogens (tertiary/aromatic N) is 4. The van der Waals surface area contributed by atoms with Crippen LogP contribution < -0.4 is 0 Å². The second kappa shape index (κ2) is 6.92. The van der Waals surface area contributed by atoms with Crippen molar-refractivity contribution in [2.24, 2.45) is 0 Å². The van der Waals surface area contributed by atoms with E-state index in [2.05, 4.69) is 4.98 Å². The van der Waals surface area contributed by atoms with Crippen molar-refractivity contribution in [3.63, 3.8) is 0 Å². The molecular formula is C20H18N4O2. The lowest BCUT2D eigenvalue weighted by Crippen LogP contribution is -2.48. The minimum absolute atomic E-state index is 0.0284. The first kappa shape index (κ1) is 16.2. The van der Waals surface area contributed by atoms with Gasteiger partial charge in [0.15, 0.2) is 0 Å². The molecule has 1 aliphatic heterocycles. The zero-order valence-corrected chi connectivity index (χ0v) is 14.2.